The smallest absolute Gasteiger partial charge is 0.263 e. The summed E-state index contributed by atoms with van der Waals surface area (Å²) >= 11 is 0. The minimum absolute atomic E-state index is 0.139. The lowest BCUT2D eigenvalue weighted by molar-refractivity contribution is -0.0957. The third-order valence-electron chi connectivity index (χ3n) is 7.34. The molecule has 1 N–H and O–H groups in total. The second-order valence-corrected chi connectivity index (χ2v) is 9.23. The molecule has 2 fully saturated rings. The molecule has 160 valence electrons. The van der Waals surface area contributed by atoms with Crippen LogP contribution in [0.2, 0.25) is 0 Å². The topological polar surface area (TPSA) is 67.3 Å². The number of hydrogen-bond acceptors (Lipinski definition) is 3. The molecule has 3 aromatic rings. The molecule has 0 unspecified atom stereocenters. The van der Waals surface area contributed by atoms with Gasteiger partial charge < -0.3 is 19.2 Å². The number of likely N-dealkylation sites (tertiary alicyclic amines) is 1. The number of aryl methyl sites for hydroxylation is 1. The van der Waals surface area contributed by atoms with Crippen LogP contribution in [0.3, 0.4) is 0 Å². The van der Waals surface area contributed by atoms with Crippen LogP contribution in [-0.2, 0) is 16.8 Å². The zero-order chi connectivity index (χ0) is 21.2. The molecule has 1 saturated heterocycles. The number of aromatic amines is 1. The lowest BCUT2D eigenvalue weighted by atomic mass is 9.83. The summed E-state index contributed by atoms with van der Waals surface area (Å²) in [5.41, 5.74) is 4.27. The highest BCUT2D eigenvalue weighted by atomic mass is 16.5. The van der Waals surface area contributed by atoms with Gasteiger partial charge >= 0.3 is 0 Å². The van der Waals surface area contributed by atoms with Crippen LogP contribution in [-0.4, -0.2) is 40.1 Å². The minimum atomic E-state index is -0.372. The van der Waals surface area contributed by atoms with Crippen molar-refractivity contribution in [3.8, 4) is 0 Å². The van der Waals surface area contributed by atoms with Crippen molar-refractivity contribution < 1.29 is 9.53 Å². The molecule has 0 atom stereocenters. The van der Waals surface area contributed by atoms with E-state index in [0.29, 0.717) is 25.3 Å². The molecular formula is C25H27N3O3. The number of aromatic nitrogens is 2. The van der Waals surface area contributed by atoms with E-state index in [-0.39, 0.29) is 23.1 Å². The van der Waals surface area contributed by atoms with Crippen molar-refractivity contribution in [3.05, 3.63) is 69.3 Å². The lowest BCUT2D eigenvalue weighted by Crippen LogP contribution is -2.49. The summed E-state index contributed by atoms with van der Waals surface area (Å²) in [7, 11) is 0. The van der Waals surface area contributed by atoms with Crippen molar-refractivity contribution >= 4 is 16.8 Å². The molecule has 2 aromatic heterocycles. The van der Waals surface area contributed by atoms with Gasteiger partial charge in [-0.05, 0) is 62.3 Å². The number of hydrogen-bond donors (Lipinski definition) is 1. The van der Waals surface area contributed by atoms with Crippen LogP contribution >= 0.6 is 0 Å². The number of benzene rings is 1. The Balaban J connectivity index is 1.29. The number of nitrogens with one attached hydrogen (secondary N) is 1. The second kappa shape index (κ2) is 6.82. The van der Waals surface area contributed by atoms with Gasteiger partial charge in [0.2, 0.25) is 0 Å². The molecule has 1 saturated carbocycles. The summed E-state index contributed by atoms with van der Waals surface area (Å²) in [5.74, 6) is -0.139. The third-order valence-corrected chi connectivity index (χ3v) is 7.34. The van der Waals surface area contributed by atoms with Gasteiger partial charge in [0.1, 0.15) is 11.2 Å². The minimum Gasteiger partial charge on any atom is -0.368 e. The first-order valence-electron chi connectivity index (χ1n) is 11.3. The molecule has 0 radical (unpaired) electrons. The van der Waals surface area contributed by atoms with Crippen LogP contribution in [0.25, 0.3) is 10.9 Å². The summed E-state index contributed by atoms with van der Waals surface area (Å²) < 4.78 is 8.11. The Bertz CT molecular complexity index is 1240. The van der Waals surface area contributed by atoms with Crippen molar-refractivity contribution in [1.82, 2.24) is 14.5 Å². The van der Waals surface area contributed by atoms with Crippen molar-refractivity contribution in [2.45, 2.75) is 50.7 Å². The Morgan fingerprint density at radius 2 is 1.94 bits per heavy atom. The molecule has 0 bridgehead atoms. The first-order valence-corrected chi connectivity index (χ1v) is 11.3. The fourth-order valence-corrected chi connectivity index (χ4v) is 5.43. The number of fused-ring (bicyclic) bond motifs is 4. The molecule has 1 aromatic carbocycles. The van der Waals surface area contributed by atoms with Crippen LogP contribution in [0.5, 0.6) is 0 Å². The maximum Gasteiger partial charge on any atom is 0.263 e. The predicted molar refractivity (Wildman–Crippen MR) is 118 cm³/mol. The lowest BCUT2D eigenvalue weighted by Gasteiger charge is -2.43. The van der Waals surface area contributed by atoms with Gasteiger partial charge in [-0.25, -0.2) is 0 Å². The zero-order valence-corrected chi connectivity index (χ0v) is 17.8. The third kappa shape index (κ3) is 2.88. The molecule has 6 heteroatoms. The quantitative estimate of drug-likeness (QED) is 0.692. The Morgan fingerprint density at radius 3 is 2.71 bits per heavy atom. The van der Waals surface area contributed by atoms with Crippen LogP contribution < -0.4 is 5.56 Å². The number of piperidine rings is 1. The number of ether oxygens (including phenoxy) is 1. The average Bonchev–Trinajstić information content (AvgIpc) is 3.54. The summed E-state index contributed by atoms with van der Waals surface area (Å²) in [6, 6.07) is 10.6. The van der Waals surface area contributed by atoms with E-state index in [0.717, 1.165) is 43.2 Å². The molecule has 1 aliphatic carbocycles. The van der Waals surface area contributed by atoms with Gasteiger partial charge in [0, 0.05) is 36.2 Å². The average molecular weight is 418 g/mol. The molecule has 3 aliphatic rings. The number of carbonyl (C=O) groups is 1. The maximum absolute atomic E-state index is 13.4. The van der Waals surface area contributed by atoms with Gasteiger partial charge in [-0.1, -0.05) is 18.2 Å². The van der Waals surface area contributed by atoms with E-state index in [1.807, 2.05) is 24.1 Å². The number of pyridine rings is 1. The maximum atomic E-state index is 13.4. The SMILES string of the molecule is Cc1ccn(C2CC2)c(=O)c1C(=O)N1CCC2(CC1)OCCc1c2[nH]c2ccccc12. The summed E-state index contributed by atoms with van der Waals surface area (Å²) in [6.07, 6.45) is 6.26. The number of para-hydroxylation sites is 1. The van der Waals surface area contributed by atoms with E-state index >= 15 is 0 Å². The summed E-state index contributed by atoms with van der Waals surface area (Å²) in [4.78, 5) is 31.8. The molecule has 1 spiro atoms. The fourth-order valence-electron chi connectivity index (χ4n) is 5.43. The van der Waals surface area contributed by atoms with Crippen molar-refractivity contribution in [2.24, 2.45) is 0 Å². The molecular weight excluding hydrogens is 390 g/mol. The van der Waals surface area contributed by atoms with E-state index in [1.165, 1.54) is 16.6 Å². The Morgan fingerprint density at radius 1 is 1.16 bits per heavy atom. The zero-order valence-electron chi connectivity index (χ0n) is 17.8. The number of rotatable bonds is 2. The molecule has 2 aliphatic heterocycles. The van der Waals surface area contributed by atoms with E-state index in [2.05, 4.69) is 29.2 Å². The summed E-state index contributed by atoms with van der Waals surface area (Å²) in [5, 5.41) is 1.28. The van der Waals surface area contributed by atoms with Crippen molar-refractivity contribution in [2.75, 3.05) is 19.7 Å². The Kier molecular flexibility index (Phi) is 4.15. The van der Waals surface area contributed by atoms with Gasteiger partial charge in [-0.15, -0.1) is 0 Å². The van der Waals surface area contributed by atoms with E-state index in [1.54, 1.807) is 4.57 Å². The van der Waals surface area contributed by atoms with Gasteiger partial charge in [-0.2, -0.15) is 0 Å². The van der Waals surface area contributed by atoms with Crippen LogP contribution in [0.1, 0.15) is 58.9 Å². The largest absolute Gasteiger partial charge is 0.368 e. The van der Waals surface area contributed by atoms with Crippen molar-refractivity contribution in [1.29, 1.82) is 0 Å². The predicted octanol–water partition coefficient (Wildman–Crippen LogP) is 3.68. The molecule has 6 rings (SSSR count). The summed E-state index contributed by atoms with van der Waals surface area (Å²) in [6.45, 7) is 3.74. The van der Waals surface area contributed by atoms with Crippen LogP contribution in [0.15, 0.2) is 41.3 Å². The number of H-pyrrole nitrogens is 1. The second-order valence-electron chi connectivity index (χ2n) is 9.23. The number of carbonyl (C=O) groups excluding carboxylic acids is 1. The van der Waals surface area contributed by atoms with Gasteiger partial charge in [-0.3, -0.25) is 9.59 Å². The van der Waals surface area contributed by atoms with Gasteiger partial charge in [0.15, 0.2) is 0 Å². The number of amides is 1. The van der Waals surface area contributed by atoms with Crippen LogP contribution in [0, 0.1) is 6.92 Å². The fraction of sp³-hybridized carbons (Fsp3) is 0.440. The highest BCUT2D eigenvalue weighted by molar-refractivity contribution is 5.95. The molecule has 31 heavy (non-hydrogen) atoms. The van der Waals surface area contributed by atoms with E-state index < -0.39 is 0 Å². The Labute approximate surface area is 180 Å². The molecule has 1 amide bonds. The van der Waals surface area contributed by atoms with E-state index in [9.17, 15) is 9.59 Å². The highest BCUT2D eigenvalue weighted by Gasteiger charge is 2.44. The Hall–Kier alpha value is -2.86. The van der Waals surface area contributed by atoms with Gasteiger partial charge in [0.25, 0.3) is 11.5 Å². The van der Waals surface area contributed by atoms with Crippen LogP contribution in [0.4, 0.5) is 0 Å². The first kappa shape index (κ1) is 18.9. The number of nitrogens with zero attached hydrogens (tertiary/aromatic N) is 2. The highest BCUT2D eigenvalue weighted by Crippen LogP contribution is 2.43. The monoisotopic (exact) mass is 417 g/mol. The van der Waals surface area contributed by atoms with Gasteiger partial charge in [0.05, 0.1) is 12.3 Å². The van der Waals surface area contributed by atoms with Crippen molar-refractivity contribution in [3.63, 3.8) is 0 Å². The van der Waals surface area contributed by atoms with E-state index in [4.69, 9.17) is 4.74 Å². The normalized spacial score (nSPS) is 20.2. The molecule has 6 nitrogen and oxygen atoms in total. The molecule has 4 heterocycles. The standard InChI is InChI=1S/C25H27N3O3/c1-16-8-12-28(17-6-7-17)24(30)21(16)23(29)27-13-10-25(11-14-27)22-19(9-15-31-25)18-4-2-3-5-20(18)26-22/h2-5,8,12,17,26H,6-7,9-11,13-15H2,1H3. The first-order chi connectivity index (χ1) is 15.1.